The Kier molecular flexibility index (Phi) is 28.0. The fraction of sp³-hybridized carbons (Fsp3) is 0.273. The Hall–Kier alpha value is -6.11. The molecule has 6 heterocycles. The zero-order valence-electron chi connectivity index (χ0n) is 54.5. The number of nitrogens with zero attached hydrogens (tertiary/aromatic N) is 8. The first-order valence-electron chi connectivity index (χ1n) is 30.5. The second kappa shape index (κ2) is 35.9. The minimum atomic E-state index is -3.68. The fourth-order valence-corrected chi connectivity index (χ4v) is 18.0. The third-order valence-electron chi connectivity index (χ3n) is 15.2. The number of nitrogens with two attached hydrogens (primary N) is 1. The highest BCUT2D eigenvalue weighted by molar-refractivity contribution is 8.13. The van der Waals surface area contributed by atoms with E-state index < -0.39 is 39.1 Å². The van der Waals surface area contributed by atoms with E-state index in [-0.39, 0.29) is 32.7 Å². The standard InChI is InChI=1S/C26H30N4O3S3.C18H22N4O2S3.C15H13ClN2O3S2.C7H3Cl2NO2S2/c1-18(4-12-25-27-16-21(34-3)17-28-25)5-13-26-30-23-11-10-22(14-24(23)35-26)36(31,32)29-15-19-6-8-20(33-2)9-7-19;1-12(3-7-17-20-10-13(25-2)11-21-17)4-8-18-22-15-6-5-14(27(19,23)24)9-16(15)26-18;1-21-11-4-2-10(3-5-11)9-17-23(19,20)12-6-7-13-14(8-12)22-15(16)18-13;8-7-10-5-2-1-4(14(9,11)12)3-6(5)13-7/h6-11,14,16-18,29H,4-5,12-13,15H2,1-3H3;5-6,9-12H,3-4,7-8H2,1-2H3,(H2,19,23,24);2-8,17H,9H2,1H3;1-3H/t18-;12-;;/m00../s1. The number of ether oxygens (including phenoxy) is 2. The van der Waals surface area contributed by atoms with Crippen molar-refractivity contribution in [3.63, 3.8) is 0 Å². The Bertz CT molecular complexity index is 5210. The topological polar surface area (TPSA) is 308 Å². The lowest BCUT2D eigenvalue weighted by molar-refractivity contribution is 0.414. The van der Waals surface area contributed by atoms with Gasteiger partial charge in [0.15, 0.2) is 8.93 Å². The zero-order valence-corrected chi connectivity index (χ0v) is 65.0. The molecular formula is C66H68Cl3N11O10S10. The van der Waals surface area contributed by atoms with Crippen molar-refractivity contribution in [2.24, 2.45) is 17.0 Å². The van der Waals surface area contributed by atoms with E-state index in [4.69, 9.17) is 53.5 Å². The number of benzene rings is 6. The van der Waals surface area contributed by atoms with Gasteiger partial charge < -0.3 is 9.47 Å². The van der Waals surface area contributed by atoms with E-state index in [0.29, 0.717) is 36.5 Å². The molecule has 2 atom stereocenters. The highest BCUT2D eigenvalue weighted by Gasteiger charge is 2.20. The van der Waals surface area contributed by atoms with Gasteiger partial charge in [0.25, 0.3) is 9.05 Å². The molecule has 0 unspecified atom stereocenters. The van der Waals surface area contributed by atoms with E-state index in [2.05, 4.69) is 58.2 Å². The van der Waals surface area contributed by atoms with Gasteiger partial charge >= 0.3 is 0 Å². The number of hydrogen-bond acceptors (Lipinski definition) is 24. The second-order valence-electron chi connectivity index (χ2n) is 22.4. The molecule has 0 aliphatic heterocycles. The van der Waals surface area contributed by atoms with Crippen LogP contribution in [-0.4, -0.2) is 100 Å². The summed E-state index contributed by atoms with van der Waals surface area (Å²) in [6.07, 6.45) is 19.1. The molecule has 100 heavy (non-hydrogen) atoms. The quantitative estimate of drug-likeness (QED) is 0.0335. The van der Waals surface area contributed by atoms with Crippen molar-refractivity contribution in [2.75, 3.05) is 26.7 Å². The largest absolute Gasteiger partial charge is 0.497 e. The van der Waals surface area contributed by atoms with Crippen LogP contribution in [0.2, 0.25) is 8.93 Å². The second-order valence-corrected chi connectivity index (χ2v) is 37.3. The van der Waals surface area contributed by atoms with Crippen molar-refractivity contribution in [1.29, 1.82) is 0 Å². The van der Waals surface area contributed by atoms with Crippen LogP contribution in [-0.2, 0) is 77.9 Å². The Morgan fingerprint density at radius 1 is 0.460 bits per heavy atom. The van der Waals surface area contributed by atoms with Crippen molar-refractivity contribution >= 4 is 183 Å². The molecule has 21 nitrogen and oxygen atoms in total. The molecule has 0 saturated heterocycles. The SMILES string of the molecule is COc1ccc(CNS(=O)(=O)c2ccc3nc(CC[C@@H](C)CCc4ncc(SC)cn4)sc3c2)cc1.COc1ccc(CNS(=O)(=O)c2ccc3nc(Cl)sc3c2)cc1.CSc1cnc(CC[C@H](C)CCc2nc3ccc(S(N)(=O)=O)cc3s2)nc1.O=S(=O)(Cl)c1ccc2nc(Cl)sc2c1. The minimum Gasteiger partial charge on any atom is -0.497 e. The molecule has 12 rings (SSSR count). The smallest absolute Gasteiger partial charge is 0.261 e. The van der Waals surface area contributed by atoms with Gasteiger partial charge in [-0.25, -0.2) is 88.1 Å². The van der Waals surface area contributed by atoms with Gasteiger partial charge in [0.05, 0.1) is 84.7 Å². The lowest BCUT2D eigenvalue weighted by Gasteiger charge is -2.09. The normalized spacial score (nSPS) is 12.5. The van der Waals surface area contributed by atoms with E-state index in [1.807, 2.05) is 73.7 Å². The number of sulfonamides is 3. The monoisotopic (exact) mass is 1600 g/mol. The summed E-state index contributed by atoms with van der Waals surface area (Å²) in [7, 11) is -6.23. The average molecular weight is 1600 g/mol. The van der Waals surface area contributed by atoms with Gasteiger partial charge in [-0.1, -0.05) is 61.3 Å². The van der Waals surface area contributed by atoms with Gasteiger partial charge in [-0.15, -0.1) is 68.9 Å². The number of halogens is 3. The van der Waals surface area contributed by atoms with E-state index in [9.17, 15) is 33.7 Å². The van der Waals surface area contributed by atoms with Gasteiger partial charge in [-0.05, 0) is 171 Å². The van der Waals surface area contributed by atoms with Crippen LogP contribution in [0.3, 0.4) is 0 Å². The van der Waals surface area contributed by atoms with Crippen molar-refractivity contribution in [2.45, 2.75) is 108 Å². The van der Waals surface area contributed by atoms with Crippen molar-refractivity contribution in [3.8, 4) is 11.5 Å². The predicted molar refractivity (Wildman–Crippen MR) is 406 cm³/mol. The number of aryl methyl sites for hydroxylation is 4. The van der Waals surface area contributed by atoms with E-state index in [0.717, 1.165) is 131 Å². The zero-order chi connectivity index (χ0) is 71.8. The maximum Gasteiger partial charge on any atom is 0.261 e. The van der Waals surface area contributed by atoms with Crippen LogP contribution in [0.4, 0.5) is 0 Å². The Morgan fingerprint density at radius 3 is 1.15 bits per heavy atom. The van der Waals surface area contributed by atoms with Crippen LogP contribution in [0.25, 0.3) is 40.9 Å². The summed E-state index contributed by atoms with van der Waals surface area (Å²) < 4.78 is 115. The number of thioether (sulfide) groups is 2. The fourth-order valence-electron chi connectivity index (χ4n) is 9.48. The Morgan fingerprint density at radius 2 is 0.790 bits per heavy atom. The summed E-state index contributed by atoms with van der Waals surface area (Å²) in [4.78, 5) is 37.8. The number of rotatable bonds is 26. The molecule has 0 spiro atoms. The number of methoxy groups -OCH3 is 2. The lowest BCUT2D eigenvalue weighted by atomic mass is 10.00. The molecule has 6 aromatic carbocycles. The predicted octanol–water partition coefficient (Wildman–Crippen LogP) is 15.5. The first-order valence-corrected chi connectivity index (χ1v) is 43.8. The molecule has 0 amide bonds. The van der Waals surface area contributed by atoms with Crippen LogP contribution < -0.4 is 24.1 Å². The van der Waals surface area contributed by atoms with Gasteiger partial charge in [0.1, 0.15) is 23.1 Å². The van der Waals surface area contributed by atoms with Crippen molar-refractivity contribution in [3.05, 3.63) is 188 Å². The van der Waals surface area contributed by atoms with Crippen LogP contribution in [0, 0.1) is 11.8 Å². The molecule has 4 N–H and O–H groups in total. The Labute approximate surface area is 620 Å². The number of fused-ring (bicyclic) bond motifs is 4. The highest BCUT2D eigenvalue weighted by atomic mass is 35.7. The first-order chi connectivity index (χ1) is 47.6. The molecule has 0 aliphatic rings. The third-order valence-corrected chi connectivity index (χ3v) is 26.0. The highest BCUT2D eigenvalue weighted by Crippen LogP contribution is 2.32. The number of aromatic nitrogens is 8. The van der Waals surface area contributed by atoms with E-state index >= 15 is 0 Å². The number of hydrogen-bond donors (Lipinski definition) is 3. The summed E-state index contributed by atoms with van der Waals surface area (Å²) in [5.74, 6) is 4.27. The summed E-state index contributed by atoms with van der Waals surface area (Å²) >= 11 is 20.4. The van der Waals surface area contributed by atoms with Gasteiger partial charge in [0.2, 0.25) is 30.1 Å². The number of thiazole rings is 4. The van der Waals surface area contributed by atoms with Crippen molar-refractivity contribution in [1.82, 2.24) is 49.3 Å². The molecule has 12 aromatic rings. The Balaban J connectivity index is 0.000000163. The molecule has 0 saturated carbocycles. The van der Waals surface area contributed by atoms with Crippen LogP contribution in [0.15, 0.2) is 175 Å². The summed E-state index contributed by atoms with van der Waals surface area (Å²) in [6.45, 7) is 4.88. The molecule has 6 aromatic heterocycles. The maximum absolute atomic E-state index is 12.9. The summed E-state index contributed by atoms with van der Waals surface area (Å²) in [6, 6.07) is 33.6. The molecule has 34 heteroatoms. The first kappa shape index (κ1) is 78.0. The molecule has 0 fully saturated rings. The molecule has 0 bridgehead atoms. The summed E-state index contributed by atoms with van der Waals surface area (Å²) in [5, 5.41) is 7.24. The average Bonchev–Trinajstić information content (AvgIpc) is 1.63. The van der Waals surface area contributed by atoms with Crippen LogP contribution in [0.1, 0.15) is 72.3 Å². The van der Waals surface area contributed by atoms with Crippen LogP contribution >= 0.6 is 103 Å². The van der Waals surface area contributed by atoms with E-state index in [1.54, 1.807) is 110 Å². The molecule has 0 aliphatic carbocycles. The molecular weight excluding hydrogens is 1530 g/mol. The van der Waals surface area contributed by atoms with E-state index in [1.165, 1.54) is 58.3 Å². The third kappa shape index (κ3) is 22.9. The lowest BCUT2D eigenvalue weighted by Crippen LogP contribution is -2.23. The van der Waals surface area contributed by atoms with Crippen LogP contribution in [0.5, 0.6) is 11.5 Å². The minimum absolute atomic E-state index is 0.0620. The maximum atomic E-state index is 12.9. The van der Waals surface area contributed by atoms with Gasteiger partial charge in [-0.2, -0.15) is 0 Å². The van der Waals surface area contributed by atoms with Gasteiger partial charge in [0, 0.05) is 71.2 Å². The van der Waals surface area contributed by atoms with Gasteiger partial charge in [-0.3, -0.25) is 0 Å². The molecule has 0 radical (unpaired) electrons. The van der Waals surface area contributed by atoms with Crippen molar-refractivity contribution < 1.29 is 43.1 Å². The summed E-state index contributed by atoms with van der Waals surface area (Å²) in [5.41, 5.74) is 4.71. The number of nitrogens with one attached hydrogen (secondary N) is 2. The molecule has 528 valence electrons. The number of primary sulfonamides is 1.